The SMILES string of the molecule is CCOc1cc(C)c(S(=O)(=O)NOCCN2CCCCC2)cc1C. The fourth-order valence-corrected chi connectivity index (χ4v) is 4.03. The van der Waals surface area contributed by atoms with Crippen molar-refractivity contribution in [2.75, 3.05) is 32.8 Å². The van der Waals surface area contributed by atoms with Gasteiger partial charge in [-0.3, -0.25) is 4.84 Å². The van der Waals surface area contributed by atoms with Crippen LogP contribution in [0.15, 0.2) is 17.0 Å². The van der Waals surface area contributed by atoms with Gasteiger partial charge in [0.15, 0.2) is 0 Å². The number of nitrogens with one attached hydrogen (secondary N) is 1. The van der Waals surface area contributed by atoms with Crippen LogP contribution in [0.4, 0.5) is 0 Å². The highest BCUT2D eigenvalue weighted by Gasteiger charge is 2.19. The minimum Gasteiger partial charge on any atom is -0.494 e. The largest absolute Gasteiger partial charge is 0.494 e. The summed E-state index contributed by atoms with van der Waals surface area (Å²) in [6, 6.07) is 3.37. The Morgan fingerprint density at radius 3 is 2.50 bits per heavy atom. The van der Waals surface area contributed by atoms with Gasteiger partial charge >= 0.3 is 0 Å². The molecule has 0 saturated carbocycles. The first kappa shape index (κ1) is 19.2. The number of piperidine rings is 1. The molecule has 2 rings (SSSR count). The van der Waals surface area contributed by atoms with E-state index in [4.69, 9.17) is 9.57 Å². The minimum absolute atomic E-state index is 0.224. The lowest BCUT2D eigenvalue weighted by atomic mass is 10.1. The lowest BCUT2D eigenvalue weighted by Gasteiger charge is -2.25. The van der Waals surface area contributed by atoms with Crippen LogP contribution in [-0.4, -0.2) is 46.2 Å². The van der Waals surface area contributed by atoms with Gasteiger partial charge in [0.25, 0.3) is 10.0 Å². The highest BCUT2D eigenvalue weighted by Crippen LogP contribution is 2.25. The van der Waals surface area contributed by atoms with Gasteiger partial charge in [-0.05, 0) is 70.0 Å². The van der Waals surface area contributed by atoms with E-state index >= 15 is 0 Å². The third-order valence-electron chi connectivity index (χ3n) is 4.19. The number of ether oxygens (including phenoxy) is 1. The topological polar surface area (TPSA) is 67.9 Å². The molecule has 0 radical (unpaired) electrons. The first-order chi connectivity index (χ1) is 11.4. The molecule has 0 unspecified atom stereocenters. The number of hydrogen-bond acceptors (Lipinski definition) is 5. The van der Waals surface area contributed by atoms with Crippen molar-refractivity contribution in [2.24, 2.45) is 0 Å². The molecular weight excluding hydrogens is 328 g/mol. The summed E-state index contributed by atoms with van der Waals surface area (Å²) in [5.41, 5.74) is 1.42. The second-order valence-corrected chi connectivity index (χ2v) is 7.77. The van der Waals surface area contributed by atoms with Crippen LogP contribution in [0.3, 0.4) is 0 Å². The minimum atomic E-state index is -3.69. The number of rotatable bonds is 8. The third-order valence-corrected chi connectivity index (χ3v) is 5.54. The molecule has 1 heterocycles. The number of sulfonamides is 1. The van der Waals surface area contributed by atoms with Gasteiger partial charge < -0.3 is 9.64 Å². The van der Waals surface area contributed by atoms with Crippen LogP contribution in [0.25, 0.3) is 0 Å². The molecule has 1 aromatic rings. The van der Waals surface area contributed by atoms with Gasteiger partial charge in [-0.2, -0.15) is 0 Å². The van der Waals surface area contributed by atoms with Gasteiger partial charge in [-0.25, -0.2) is 8.42 Å². The van der Waals surface area contributed by atoms with Crippen molar-refractivity contribution in [1.29, 1.82) is 0 Å². The number of benzene rings is 1. The normalized spacial score (nSPS) is 16.3. The fraction of sp³-hybridized carbons (Fsp3) is 0.647. The maximum absolute atomic E-state index is 12.4. The average Bonchev–Trinajstić information content (AvgIpc) is 2.56. The Labute approximate surface area is 145 Å². The highest BCUT2D eigenvalue weighted by molar-refractivity contribution is 7.89. The Hall–Kier alpha value is -1.15. The van der Waals surface area contributed by atoms with Crippen LogP contribution >= 0.6 is 0 Å². The van der Waals surface area contributed by atoms with E-state index in [2.05, 4.69) is 9.79 Å². The van der Waals surface area contributed by atoms with Crippen molar-refractivity contribution in [3.8, 4) is 5.75 Å². The molecule has 1 aromatic carbocycles. The maximum atomic E-state index is 12.4. The standard InChI is InChI=1S/C17H28N2O4S/c1-4-22-16-12-15(3)17(13-14(16)2)24(20,21)18-23-11-10-19-8-6-5-7-9-19/h12-13,18H,4-11H2,1-3H3. The van der Waals surface area contributed by atoms with E-state index in [1.807, 2.05) is 13.8 Å². The zero-order valence-corrected chi connectivity index (χ0v) is 15.6. The fourth-order valence-electron chi connectivity index (χ4n) is 2.89. The van der Waals surface area contributed by atoms with Crippen molar-refractivity contribution in [1.82, 2.24) is 9.79 Å². The predicted molar refractivity (Wildman–Crippen MR) is 93.6 cm³/mol. The smallest absolute Gasteiger partial charge is 0.262 e. The van der Waals surface area contributed by atoms with Gasteiger partial charge in [-0.1, -0.05) is 11.3 Å². The van der Waals surface area contributed by atoms with Crippen molar-refractivity contribution in [3.05, 3.63) is 23.3 Å². The molecule has 0 aliphatic carbocycles. The van der Waals surface area contributed by atoms with Crippen LogP contribution in [-0.2, 0) is 14.9 Å². The predicted octanol–water partition coefficient (Wildman–Crippen LogP) is 2.40. The lowest BCUT2D eigenvalue weighted by Crippen LogP contribution is -2.35. The van der Waals surface area contributed by atoms with Crippen molar-refractivity contribution < 1.29 is 18.0 Å². The summed E-state index contributed by atoms with van der Waals surface area (Å²) in [6.07, 6.45) is 3.69. The lowest BCUT2D eigenvalue weighted by molar-refractivity contribution is 0.0656. The van der Waals surface area contributed by atoms with Gasteiger partial charge in [0.2, 0.25) is 0 Å². The first-order valence-corrected chi connectivity index (χ1v) is 10.0. The quantitative estimate of drug-likeness (QED) is 0.572. The molecule has 0 amide bonds. The maximum Gasteiger partial charge on any atom is 0.262 e. The molecule has 136 valence electrons. The van der Waals surface area contributed by atoms with Gasteiger partial charge in [0.05, 0.1) is 18.1 Å². The summed E-state index contributed by atoms with van der Waals surface area (Å²) in [5, 5.41) is 0. The van der Waals surface area contributed by atoms with Gasteiger partial charge in [0, 0.05) is 6.54 Å². The van der Waals surface area contributed by atoms with E-state index in [9.17, 15) is 8.42 Å². The Morgan fingerprint density at radius 2 is 1.83 bits per heavy atom. The molecule has 7 heteroatoms. The Kier molecular flexibility index (Phi) is 7.03. The number of aryl methyl sites for hydroxylation is 2. The molecule has 1 aliphatic heterocycles. The monoisotopic (exact) mass is 356 g/mol. The number of hydrogen-bond donors (Lipinski definition) is 1. The van der Waals surface area contributed by atoms with E-state index in [-0.39, 0.29) is 4.90 Å². The Bertz CT molecular complexity index is 640. The second kappa shape index (κ2) is 8.80. The van der Waals surface area contributed by atoms with E-state index in [1.54, 1.807) is 19.1 Å². The molecule has 6 nitrogen and oxygen atoms in total. The van der Waals surface area contributed by atoms with Crippen LogP contribution < -0.4 is 9.62 Å². The molecule has 1 saturated heterocycles. The molecule has 1 fully saturated rings. The number of likely N-dealkylation sites (tertiary alicyclic amines) is 1. The highest BCUT2D eigenvalue weighted by atomic mass is 32.2. The van der Waals surface area contributed by atoms with Crippen molar-refractivity contribution in [2.45, 2.75) is 44.9 Å². The van der Waals surface area contributed by atoms with E-state index in [1.165, 1.54) is 19.3 Å². The summed E-state index contributed by atoms with van der Waals surface area (Å²) in [4.78, 5) is 9.98. The Morgan fingerprint density at radius 1 is 1.12 bits per heavy atom. The van der Waals surface area contributed by atoms with E-state index < -0.39 is 10.0 Å². The van der Waals surface area contributed by atoms with E-state index in [0.717, 1.165) is 25.2 Å². The molecular formula is C17H28N2O4S. The molecule has 24 heavy (non-hydrogen) atoms. The summed E-state index contributed by atoms with van der Waals surface area (Å²) in [5.74, 6) is 0.708. The summed E-state index contributed by atoms with van der Waals surface area (Å²) in [7, 11) is -3.69. The molecule has 0 aromatic heterocycles. The summed E-state index contributed by atoms with van der Waals surface area (Å²) in [6.45, 7) is 9.24. The van der Waals surface area contributed by atoms with Gasteiger partial charge in [0.1, 0.15) is 5.75 Å². The summed E-state index contributed by atoms with van der Waals surface area (Å²) >= 11 is 0. The average molecular weight is 356 g/mol. The van der Waals surface area contributed by atoms with E-state index in [0.29, 0.717) is 24.5 Å². The van der Waals surface area contributed by atoms with Crippen molar-refractivity contribution >= 4 is 10.0 Å². The van der Waals surface area contributed by atoms with Gasteiger partial charge in [-0.15, -0.1) is 0 Å². The van der Waals surface area contributed by atoms with Crippen LogP contribution in [0, 0.1) is 13.8 Å². The molecule has 0 spiro atoms. The second-order valence-electron chi connectivity index (χ2n) is 6.15. The number of nitrogens with zero attached hydrogens (tertiary/aromatic N) is 1. The molecule has 1 aliphatic rings. The molecule has 0 bridgehead atoms. The third kappa shape index (κ3) is 5.17. The zero-order valence-electron chi connectivity index (χ0n) is 14.8. The van der Waals surface area contributed by atoms with Crippen LogP contribution in [0.1, 0.15) is 37.3 Å². The van der Waals surface area contributed by atoms with Crippen LogP contribution in [0.2, 0.25) is 0 Å². The Balaban J connectivity index is 1.93. The van der Waals surface area contributed by atoms with Crippen molar-refractivity contribution in [3.63, 3.8) is 0 Å². The molecule has 0 atom stereocenters. The van der Waals surface area contributed by atoms with Crippen LogP contribution in [0.5, 0.6) is 5.75 Å². The zero-order chi connectivity index (χ0) is 17.6. The first-order valence-electron chi connectivity index (χ1n) is 8.54. The molecule has 1 N–H and O–H groups in total. The summed E-state index contributed by atoms with van der Waals surface area (Å²) < 4.78 is 30.4.